The van der Waals surface area contributed by atoms with Gasteiger partial charge in [0.05, 0.1) is 31.4 Å². The number of benzene rings is 2. The van der Waals surface area contributed by atoms with E-state index >= 15 is 0 Å². The number of aryl methyl sites for hydroxylation is 2. The lowest BCUT2D eigenvalue weighted by Gasteiger charge is -2.12. The Labute approximate surface area is 203 Å². The Kier molecular flexibility index (Phi) is 6.41. The number of fused-ring (bicyclic) bond motifs is 2. The Morgan fingerprint density at radius 3 is 2.63 bits per heavy atom. The van der Waals surface area contributed by atoms with Gasteiger partial charge in [0, 0.05) is 19.7 Å². The molecule has 3 heterocycles. The molecule has 0 spiro atoms. The Hall–Kier alpha value is -3.85. The van der Waals surface area contributed by atoms with Crippen LogP contribution < -0.4 is 20.5 Å². The molecule has 0 radical (unpaired) electrons. The second-order valence-electron chi connectivity index (χ2n) is 8.58. The van der Waals surface area contributed by atoms with Crippen LogP contribution in [0.25, 0.3) is 22.2 Å². The van der Waals surface area contributed by atoms with E-state index in [0.717, 1.165) is 30.5 Å². The summed E-state index contributed by atoms with van der Waals surface area (Å²) in [6.07, 6.45) is 2.63. The van der Waals surface area contributed by atoms with E-state index < -0.39 is 0 Å². The van der Waals surface area contributed by atoms with Crippen LogP contribution >= 0.6 is 0 Å². The number of nitrogens with two attached hydrogens (primary N) is 1. The molecule has 1 fully saturated rings. The number of amides is 1. The number of nitrogens with one attached hydrogen (secondary N) is 1. The van der Waals surface area contributed by atoms with E-state index in [2.05, 4.69) is 5.32 Å². The molecule has 182 valence electrons. The van der Waals surface area contributed by atoms with Gasteiger partial charge in [-0.2, -0.15) is 0 Å². The number of nitrogen functional groups attached to an aromatic ring is 1. The van der Waals surface area contributed by atoms with Gasteiger partial charge in [-0.25, -0.2) is 9.97 Å². The number of anilines is 1. The number of methoxy groups -OCH3 is 2. The summed E-state index contributed by atoms with van der Waals surface area (Å²) >= 11 is 0. The Balaban J connectivity index is 1.50. The minimum absolute atomic E-state index is 0.0329. The van der Waals surface area contributed by atoms with Gasteiger partial charge in [0.25, 0.3) is 5.91 Å². The van der Waals surface area contributed by atoms with Crippen molar-refractivity contribution in [1.82, 2.24) is 19.9 Å². The summed E-state index contributed by atoms with van der Waals surface area (Å²) in [7, 11) is 3.22. The lowest BCUT2D eigenvalue weighted by atomic mass is 10.1. The van der Waals surface area contributed by atoms with E-state index in [0.29, 0.717) is 59.1 Å². The number of carbonyl (C=O) groups is 1. The number of para-hydroxylation sites is 2. The van der Waals surface area contributed by atoms with Crippen molar-refractivity contribution in [3.05, 3.63) is 53.6 Å². The lowest BCUT2D eigenvalue weighted by Crippen LogP contribution is -2.32. The van der Waals surface area contributed by atoms with Crippen molar-refractivity contribution in [2.24, 2.45) is 0 Å². The second kappa shape index (κ2) is 9.79. The fourth-order valence-electron chi connectivity index (χ4n) is 4.54. The van der Waals surface area contributed by atoms with Gasteiger partial charge in [0.1, 0.15) is 16.9 Å². The molecule has 2 aromatic heterocycles. The molecule has 1 atom stereocenters. The SMILES string of the molecule is COc1ccc(CCn2c(N)c(C(=O)NC[C@H]3CCCO3)c3nc4ccccc4nc32)cc1OC. The summed E-state index contributed by atoms with van der Waals surface area (Å²) in [5.74, 6) is 1.41. The third-order valence-corrected chi connectivity index (χ3v) is 6.40. The number of ether oxygens (including phenoxy) is 3. The van der Waals surface area contributed by atoms with Crippen LogP contribution in [-0.2, 0) is 17.7 Å². The summed E-state index contributed by atoms with van der Waals surface area (Å²) in [5.41, 5.74) is 10.5. The van der Waals surface area contributed by atoms with Crippen LogP contribution in [-0.4, -0.2) is 53.9 Å². The normalized spacial score (nSPS) is 15.5. The second-order valence-corrected chi connectivity index (χ2v) is 8.58. The third-order valence-electron chi connectivity index (χ3n) is 6.40. The zero-order valence-corrected chi connectivity index (χ0v) is 19.9. The predicted molar refractivity (Wildman–Crippen MR) is 134 cm³/mol. The number of carbonyl (C=O) groups excluding carboxylic acids is 1. The predicted octanol–water partition coefficient (Wildman–Crippen LogP) is 3.34. The molecule has 1 aliphatic heterocycles. The molecule has 1 aliphatic rings. The average Bonchev–Trinajstić information content (AvgIpc) is 3.50. The molecule has 9 nitrogen and oxygen atoms in total. The van der Waals surface area contributed by atoms with Gasteiger partial charge in [-0.3, -0.25) is 4.79 Å². The van der Waals surface area contributed by atoms with Crippen LogP contribution in [0.15, 0.2) is 42.5 Å². The molecule has 35 heavy (non-hydrogen) atoms. The van der Waals surface area contributed by atoms with Crippen molar-refractivity contribution in [3.63, 3.8) is 0 Å². The van der Waals surface area contributed by atoms with Crippen LogP contribution in [0.5, 0.6) is 11.5 Å². The van der Waals surface area contributed by atoms with E-state index in [1.165, 1.54) is 0 Å². The molecule has 0 bridgehead atoms. The van der Waals surface area contributed by atoms with E-state index in [1.807, 2.05) is 47.0 Å². The molecule has 4 aromatic rings. The Bertz CT molecular complexity index is 1380. The molecule has 1 amide bonds. The summed E-state index contributed by atoms with van der Waals surface area (Å²) in [5, 5.41) is 2.98. The standard InChI is InChI=1S/C26H29N5O4/c1-33-20-10-9-16(14-21(20)34-2)11-12-31-24(27)22(26(32)28-15-17-6-5-13-35-17)23-25(31)30-19-8-4-3-7-18(19)29-23/h3-4,7-10,14,17H,5-6,11-13,15,27H2,1-2H3,(H,28,32)/t17-/m1/s1. The van der Waals surface area contributed by atoms with Gasteiger partial charge >= 0.3 is 0 Å². The van der Waals surface area contributed by atoms with Crippen molar-refractivity contribution < 1.29 is 19.0 Å². The molecule has 1 saturated heterocycles. The number of nitrogens with zero attached hydrogens (tertiary/aromatic N) is 3. The van der Waals surface area contributed by atoms with Crippen LogP contribution in [0, 0.1) is 0 Å². The van der Waals surface area contributed by atoms with Crippen molar-refractivity contribution in [2.45, 2.75) is 31.9 Å². The topological polar surface area (TPSA) is 114 Å². The maximum atomic E-state index is 13.3. The molecule has 3 N–H and O–H groups in total. The first-order valence-corrected chi connectivity index (χ1v) is 11.7. The van der Waals surface area contributed by atoms with Gasteiger partial charge in [-0.05, 0) is 49.1 Å². The van der Waals surface area contributed by atoms with Crippen LogP contribution in [0.1, 0.15) is 28.8 Å². The summed E-state index contributed by atoms with van der Waals surface area (Å²) in [4.78, 5) is 22.9. The highest BCUT2D eigenvalue weighted by Crippen LogP contribution is 2.30. The van der Waals surface area contributed by atoms with Crippen LogP contribution in [0.2, 0.25) is 0 Å². The monoisotopic (exact) mass is 475 g/mol. The quantitative estimate of drug-likeness (QED) is 0.402. The number of hydrogen-bond acceptors (Lipinski definition) is 7. The molecule has 0 aliphatic carbocycles. The van der Waals surface area contributed by atoms with Gasteiger partial charge in [-0.1, -0.05) is 18.2 Å². The number of hydrogen-bond donors (Lipinski definition) is 2. The van der Waals surface area contributed by atoms with Crippen molar-refractivity contribution in [1.29, 1.82) is 0 Å². The van der Waals surface area contributed by atoms with E-state index in [4.69, 9.17) is 29.9 Å². The highest BCUT2D eigenvalue weighted by Gasteiger charge is 2.25. The first-order chi connectivity index (χ1) is 17.1. The minimum atomic E-state index is -0.266. The van der Waals surface area contributed by atoms with Gasteiger partial charge in [-0.15, -0.1) is 0 Å². The molecule has 0 saturated carbocycles. The van der Waals surface area contributed by atoms with E-state index in [-0.39, 0.29) is 12.0 Å². The maximum Gasteiger partial charge on any atom is 0.257 e. The van der Waals surface area contributed by atoms with E-state index in [9.17, 15) is 4.79 Å². The van der Waals surface area contributed by atoms with Crippen molar-refractivity contribution in [2.75, 3.05) is 33.1 Å². The molecular weight excluding hydrogens is 446 g/mol. The Morgan fingerprint density at radius 2 is 1.91 bits per heavy atom. The highest BCUT2D eigenvalue weighted by atomic mass is 16.5. The lowest BCUT2D eigenvalue weighted by molar-refractivity contribution is 0.0859. The van der Waals surface area contributed by atoms with Gasteiger partial charge in [0.15, 0.2) is 17.1 Å². The molecular formula is C26H29N5O4. The smallest absolute Gasteiger partial charge is 0.257 e. The largest absolute Gasteiger partial charge is 0.493 e. The number of aromatic nitrogens is 3. The minimum Gasteiger partial charge on any atom is -0.493 e. The average molecular weight is 476 g/mol. The highest BCUT2D eigenvalue weighted by molar-refractivity contribution is 6.10. The summed E-state index contributed by atoms with van der Waals surface area (Å²) < 4.78 is 18.3. The number of rotatable bonds is 8. The first-order valence-electron chi connectivity index (χ1n) is 11.7. The molecule has 5 rings (SSSR count). The van der Waals surface area contributed by atoms with Crippen LogP contribution in [0.3, 0.4) is 0 Å². The molecule has 2 aromatic carbocycles. The van der Waals surface area contributed by atoms with Crippen molar-refractivity contribution in [3.8, 4) is 11.5 Å². The summed E-state index contributed by atoms with van der Waals surface area (Å²) in [6.45, 7) is 1.69. The van der Waals surface area contributed by atoms with Crippen LogP contribution in [0.4, 0.5) is 5.82 Å². The van der Waals surface area contributed by atoms with E-state index in [1.54, 1.807) is 14.2 Å². The third kappa shape index (κ3) is 4.46. The van der Waals surface area contributed by atoms with Crippen molar-refractivity contribution >= 4 is 33.9 Å². The zero-order chi connectivity index (χ0) is 24.4. The Morgan fingerprint density at radius 1 is 1.14 bits per heavy atom. The zero-order valence-electron chi connectivity index (χ0n) is 19.9. The fourth-order valence-corrected chi connectivity index (χ4v) is 4.54. The first kappa shape index (κ1) is 22.9. The molecule has 9 heteroatoms. The van der Waals surface area contributed by atoms with Gasteiger partial charge in [0.2, 0.25) is 0 Å². The molecule has 0 unspecified atom stereocenters. The fraction of sp³-hybridized carbons (Fsp3) is 0.346. The van der Waals surface area contributed by atoms with Gasteiger partial charge < -0.3 is 29.8 Å². The summed E-state index contributed by atoms with van der Waals surface area (Å²) in [6, 6.07) is 13.4. The maximum absolute atomic E-state index is 13.3.